The summed E-state index contributed by atoms with van der Waals surface area (Å²) in [6.07, 6.45) is 6.72. The van der Waals surface area contributed by atoms with E-state index in [4.69, 9.17) is 0 Å². The van der Waals surface area contributed by atoms with E-state index < -0.39 is 0 Å². The van der Waals surface area contributed by atoms with Gasteiger partial charge in [-0.05, 0) is 18.4 Å². The first-order valence-corrected chi connectivity index (χ1v) is 6.59. The van der Waals surface area contributed by atoms with Crippen molar-refractivity contribution in [3.05, 3.63) is 47.4 Å². The number of hydrogen-bond acceptors (Lipinski definition) is 3. The van der Waals surface area contributed by atoms with Gasteiger partial charge in [-0.3, -0.25) is 0 Å². The highest BCUT2D eigenvalue weighted by Gasteiger charge is 2.10. The van der Waals surface area contributed by atoms with Gasteiger partial charge in [0.05, 0.1) is 0 Å². The third-order valence-corrected chi connectivity index (χ3v) is 3.52. The van der Waals surface area contributed by atoms with Crippen LogP contribution >= 0.6 is 11.3 Å². The lowest BCUT2D eigenvalue weighted by Crippen LogP contribution is -2.12. The quantitative estimate of drug-likeness (QED) is 0.793. The zero-order chi connectivity index (χ0) is 12.1. The van der Waals surface area contributed by atoms with Gasteiger partial charge in [-0.25, -0.2) is 4.98 Å². The van der Waals surface area contributed by atoms with Gasteiger partial charge in [0, 0.05) is 36.3 Å². The van der Waals surface area contributed by atoms with Crippen molar-refractivity contribution in [3.63, 3.8) is 0 Å². The minimum Gasteiger partial charge on any atom is -0.352 e. The standard InChI is InChI=1S/C13H17N3S/c1-3-6-14-13-15-7-8-16(13)11(2)10-12-5-4-9-17-12/h3-5,7-9,11H,1,6,10H2,2H3,(H,14,15). The van der Waals surface area contributed by atoms with Gasteiger partial charge in [-0.2, -0.15) is 0 Å². The number of thiophene rings is 1. The summed E-state index contributed by atoms with van der Waals surface area (Å²) in [5, 5.41) is 5.36. The number of rotatable bonds is 6. The Balaban J connectivity index is 2.05. The SMILES string of the molecule is C=CCNc1nccn1C(C)Cc1cccs1. The van der Waals surface area contributed by atoms with Crippen molar-refractivity contribution in [1.82, 2.24) is 9.55 Å². The number of hydrogen-bond donors (Lipinski definition) is 1. The maximum atomic E-state index is 4.31. The topological polar surface area (TPSA) is 29.9 Å². The minimum absolute atomic E-state index is 0.406. The summed E-state index contributed by atoms with van der Waals surface area (Å²) in [5.74, 6) is 0.911. The van der Waals surface area contributed by atoms with Crippen molar-refractivity contribution in [1.29, 1.82) is 0 Å². The molecule has 1 atom stereocenters. The van der Waals surface area contributed by atoms with Crippen LogP contribution in [-0.4, -0.2) is 16.1 Å². The van der Waals surface area contributed by atoms with Gasteiger partial charge in [0.25, 0.3) is 0 Å². The Kier molecular flexibility index (Phi) is 3.98. The molecule has 4 heteroatoms. The van der Waals surface area contributed by atoms with Gasteiger partial charge in [-0.1, -0.05) is 12.1 Å². The summed E-state index contributed by atoms with van der Waals surface area (Å²) < 4.78 is 2.17. The van der Waals surface area contributed by atoms with E-state index in [1.165, 1.54) is 4.88 Å². The Hall–Kier alpha value is -1.55. The van der Waals surface area contributed by atoms with Gasteiger partial charge < -0.3 is 9.88 Å². The van der Waals surface area contributed by atoms with Gasteiger partial charge in [-0.15, -0.1) is 17.9 Å². The van der Waals surface area contributed by atoms with E-state index in [2.05, 4.69) is 45.9 Å². The van der Waals surface area contributed by atoms with Crippen molar-refractivity contribution >= 4 is 17.3 Å². The molecular formula is C13H17N3S. The second-order valence-electron chi connectivity index (χ2n) is 3.96. The first kappa shape index (κ1) is 11.9. The van der Waals surface area contributed by atoms with Crippen molar-refractivity contribution in [2.45, 2.75) is 19.4 Å². The zero-order valence-corrected chi connectivity index (χ0v) is 10.8. The molecule has 2 rings (SSSR count). The fourth-order valence-electron chi connectivity index (χ4n) is 1.79. The lowest BCUT2D eigenvalue weighted by atomic mass is 10.2. The molecule has 2 heterocycles. The predicted octanol–water partition coefficient (Wildman–Crippen LogP) is 3.35. The molecule has 0 fully saturated rings. The third kappa shape index (κ3) is 2.97. The van der Waals surface area contributed by atoms with E-state index in [0.29, 0.717) is 6.04 Å². The number of nitrogens with zero attached hydrogens (tertiary/aromatic N) is 2. The van der Waals surface area contributed by atoms with E-state index in [1.54, 1.807) is 11.3 Å². The second kappa shape index (κ2) is 5.68. The maximum Gasteiger partial charge on any atom is 0.203 e. The highest BCUT2D eigenvalue weighted by Crippen LogP contribution is 2.20. The van der Waals surface area contributed by atoms with Gasteiger partial charge in [0.2, 0.25) is 5.95 Å². The van der Waals surface area contributed by atoms with Crippen molar-refractivity contribution in [2.24, 2.45) is 0 Å². The molecular weight excluding hydrogens is 230 g/mol. The molecule has 17 heavy (non-hydrogen) atoms. The van der Waals surface area contributed by atoms with Crippen LogP contribution in [0.15, 0.2) is 42.6 Å². The highest BCUT2D eigenvalue weighted by atomic mass is 32.1. The molecule has 0 amide bonds. The summed E-state index contributed by atoms with van der Waals surface area (Å²) in [7, 11) is 0. The Labute approximate surface area is 106 Å². The zero-order valence-electron chi connectivity index (χ0n) is 9.97. The van der Waals surface area contributed by atoms with E-state index in [-0.39, 0.29) is 0 Å². The summed E-state index contributed by atoms with van der Waals surface area (Å²) in [4.78, 5) is 5.72. The van der Waals surface area contributed by atoms with Crippen LogP contribution in [-0.2, 0) is 6.42 Å². The van der Waals surface area contributed by atoms with Crippen LogP contribution in [0.4, 0.5) is 5.95 Å². The lowest BCUT2D eigenvalue weighted by molar-refractivity contribution is 0.554. The van der Waals surface area contributed by atoms with Crippen molar-refractivity contribution in [2.75, 3.05) is 11.9 Å². The molecule has 0 saturated carbocycles. The lowest BCUT2D eigenvalue weighted by Gasteiger charge is -2.15. The molecule has 0 bridgehead atoms. The Bertz CT molecular complexity index is 459. The summed E-state index contributed by atoms with van der Waals surface area (Å²) in [5.41, 5.74) is 0. The third-order valence-electron chi connectivity index (χ3n) is 2.62. The van der Waals surface area contributed by atoms with E-state index in [0.717, 1.165) is 18.9 Å². The van der Waals surface area contributed by atoms with Crippen LogP contribution in [0.1, 0.15) is 17.8 Å². The maximum absolute atomic E-state index is 4.31. The molecule has 2 aromatic heterocycles. The molecule has 3 nitrogen and oxygen atoms in total. The molecule has 0 aromatic carbocycles. The molecule has 90 valence electrons. The molecule has 2 aromatic rings. The van der Waals surface area contributed by atoms with Crippen LogP contribution in [0, 0.1) is 0 Å². The molecule has 1 N–H and O–H groups in total. The van der Waals surface area contributed by atoms with Gasteiger partial charge in [0.15, 0.2) is 0 Å². The predicted molar refractivity (Wildman–Crippen MR) is 73.6 cm³/mol. The molecule has 0 radical (unpaired) electrons. The van der Waals surface area contributed by atoms with E-state index >= 15 is 0 Å². The number of nitrogens with one attached hydrogen (secondary N) is 1. The van der Waals surface area contributed by atoms with Crippen LogP contribution in [0.3, 0.4) is 0 Å². The average Bonchev–Trinajstić information content (AvgIpc) is 2.96. The van der Waals surface area contributed by atoms with Crippen LogP contribution in [0.2, 0.25) is 0 Å². The largest absolute Gasteiger partial charge is 0.352 e. The van der Waals surface area contributed by atoms with Gasteiger partial charge >= 0.3 is 0 Å². The summed E-state index contributed by atoms with van der Waals surface area (Å²) in [6.45, 7) is 6.65. The number of aromatic nitrogens is 2. The highest BCUT2D eigenvalue weighted by molar-refractivity contribution is 7.09. The Morgan fingerprint density at radius 2 is 2.53 bits per heavy atom. The normalized spacial score (nSPS) is 12.3. The molecule has 0 spiro atoms. The minimum atomic E-state index is 0.406. The molecule has 0 aliphatic rings. The Morgan fingerprint density at radius 1 is 1.65 bits per heavy atom. The fraction of sp³-hybridized carbons (Fsp3) is 0.308. The molecule has 0 aliphatic carbocycles. The van der Waals surface area contributed by atoms with Crippen molar-refractivity contribution < 1.29 is 0 Å². The molecule has 0 aliphatic heterocycles. The first-order chi connectivity index (χ1) is 8.31. The van der Waals surface area contributed by atoms with Crippen LogP contribution < -0.4 is 5.32 Å². The molecule has 1 unspecified atom stereocenters. The average molecular weight is 247 g/mol. The van der Waals surface area contributed by atoms with Gasteiger partial charge in [0.1, 0.15) is 0 Å². The smallest absolute Gasteiger partial charge is 0.203 e. The summed E-state index contributed by atoms with van der Waals surface area (Å²) >= 11 is 1.80. The number of imidazole rings is 1. The van der Waals surface area contributed by atoms with Crippen LogP contribution in [0.25, 0.3) is 0 Å². The summed E-state index contributed by atoms with van der Waals surface area (Å²) in [6, 6.07) is 4.68. The monoisotopic (exact) mass is 247 g/mol. The number of anilines is 1. The fourth-order valence-corrected chi connectivity index (χ4v) is 2.61. The Morgan fingerprint density at radius 3 is 3.24 bits per heavy atom. The van der Waals surface area contributed by atoms with Crippen LogP contribution in [0.5, 0.6) is 0 Å². The second-order valence-corrected chi connectivity index (χ2v) is 4.99. The van der Waals surface area contributed by atoms with E-state index in [9.17, 15) is 0 Å². The molecule has 0 saturated heterocycles. The van der Waals surface area contributed by atoms with Crippen molar-refractivity contribution in [3.8, 4) is 0 Å². The van der Waals surface area contributed by atoms with E-state index in [1.807, 2.05) is 18.5 Å². The first-order valence-electron chi connectivity index (χ1n) is 5.71.